The van der Waals surface area contributed by atoms with E-state index in [9.17, 15) is 4.79 Å². The number of allylic oxidation sites excluding steroid dienone is 1. The molecule has 2 aromatic rings. The van der Waals surface area contributed by atoms with Gasteiger partial charge in [-0.2, -0.15) is 0 Å². The van der Waals surface area contributed by atoms with E-state index in [1.54, 1.807) is 0 Å². The van der Waals surface area contributed by atoms with Gasteiger partial charge in [-0.25, -0.2) is 0 Å². The van der Waals surface area contributed by atoms with Crippen molar-refractivity contribution in [2.24, 2.45) is 5.92 Å². The van der Waals surface area contributed by atoms with Crippen molar-refractivity contribution in [2.75, 3.05) is 6.54 Å². The number of carbonyl (C=O) groups excluding carboxylic acids is 1. The molecule has 2 aliphatic heterocycles. The van der Waals surface area contributed by atoms with Gasteiger partial charge in [0.25, 0.3) is 0 Å². The van der Waals surface area contributed by atoms with E-state index in [-0.39, 0.29) is 11.9 Å². The van der Waals surface area contributed by atoms with Gasteiger partial charge in [0.15, 0.2) is 0 Å². The van der Waals surface area contributed by atoms with Gasteiger partial charge in [0, 0.05) is 28.7 Å². The molecule has 0 saturated carbocycles. The van der Waals surface area contributed by atoms with Crippen molar-refractivity contribution in [3.63, 3.8) is 0 Å². The average molecular weight is 294 g/mol. The highest BCUT2D eigenvalue weighted by atomic mass is 16.2. The first-order valence-electron chi connectivity index (χ1n) is 8.31. The lowest BCUT2D eigenvalue weighted by molar-refractivity contribution is -0.133. The number of rotatable bonds is 1. The van der Waals surface area contributed by atoms with Crippen LogP contribution in [0.4, 0.5) is 0 Å². The van der Waals surface area contributed by atoms with Crippen LogP contribution < -0.4 is 0 Å². The third kappa shape index (κ3) is 1.78. The number of piperidine rings is 1. The molecule has 0 bridgehead atoms. The van der Waals surface area contributed by atoms with Crippen molar-refractivity contribution in [3.05, 3.63) is 47.2 Å². The van der Waals surface area contributed by atoms with Crippen LogP contribution in [0.5, 0.6) is 0 Å². The first-order chi connectivity index (χ1) is 10.7. The molecule has 0 aliphatic carbocycles. The molecular formula is C19H22N2O. The van der Waals surface area contributed by atoms with Crippen molar-refractivity contribution in [2.45, 2.75) is 39.2 Å². The molecule has 22 heavy (non-hydrogen) atoms. The van der Waals surface area contributed by atoms with Gasteiger partial charge >= 0.3 is 0 Å². The maximum Gasteiger partial charge on any atom is 0.250 e. The third-order valence-electron chi connectivity index (χ3n) is 5.42. The molecule has 2 atom stereocenters. The van der Waals surface area contributed by atoms with Gasteiger partial charge < -0.3 is 9.88 Å². The quantitative estimate of drug-likeness (QED) is 0.794. The van der Waals surface area contributed by atoms with Gasteiger partial charge in [0.2, 0.25) is 5.91 Å². The van der Waals surface area contributed by atoms with Gasteiger partial charge in [-0.1, -0.05) is 31.2 Å². The van der Waals surface area contributed by atoms with E-state index in [1.807, 2.05) is 13.0 Å². The Balaban J connectivity index is 1.83. The number of carbonyl (C=O) groups is 1. The lowest BCUT2D eigenvalue weighted by atomic mass is 9.80. The minimum atomic E-state index is 0.220. The highest BCUT2D eigenvalue weighted by molar-refractivity contribution is 5.96. The number of benzene rings is 1. The van der Waals surface area contributed by atoms with E-state index in [0.717, 1.165) is 31.4 Å². The van der Waals surface area contributed by atoms with E-state index in [1.165, 1.54) is 22.2 Å². The molecule has 4 rings (SSSR count). The fourth-order valence-electron chi connectivity index (χ4n) is 4.29. The largest absolute Gasteiger partial charge is 0.356 e. The second kappa shape index (κ2) is 5.01. The molecule has 1 fully saturated rings. The number of para-hydroxylation sites is 1. The smallest absolute Gasteiger partial charge is 0.250 e. The minimum Gasteiger partial charge on any atom is -0.356 e. The Morgan fingerprint density at radius 1 is 1.36 bits per heavy atom. The zero-order chi connectivity index (χ0) is 15.3. The standard InChI is InChI=1S/C19H22N2O/c1-3-12-11-17-18-15(14-7-5-6-8-16(14)20-18)9-10-21(17)19(22)13(12)4-2/h4-8,12,17,20H,3,9-11H2,1-2H3/b13-4+/t12-,17+/m1/s1. The maximum atomic E-state index is 12.8. The van der Waals surface area contributed by atoms with E-state index in [2.05, 4.69) is 41.1 Å². The summed E-state index contributed by atoms with van der Waals surface area (Å²) in [5.41, 5.74) is 4.91. The van der Waals surface area contributed by atoms with Crippen LogP contribution in [-0.2, 0) is 11.2 Å². The van der Waals surface area contributed by atoms with E-state index < -0.39 is 0 Å². The number of H-pyrrole nitrogens is 1. The molecule has 0 unspecified atom stereocenters. The zero-order valence-electron chi connectivity index (χ0n) is 13.2. The summed E-state index contributed by atoms with van der Waals surface area (Å²) < 4.78 is 0. The van der Waals surface area contributed by atoms with Crippen LogP contribution in [0.2, 0.25) is 0 Å². The highest BCUT2D eigenvalue weighted by Crippen LogP contribution is 2.43. The Bertz CT molecular complexity index is 771. The maximum absolute atomic E-state index is 12.8. The van der Waals surface area contributed by atoms with Gasteiger partial charge in [0.1, 0.15) is 0 Å². The lowest BCUT2D eigenvalue weighted by Gasteiger charge is -2.43. The van der Waals surface area contributed by atoms with Crippen molar-refractivity contribution in [1.82, 2.24) is 9.88 Å². The van der Waals surface area contributed by atoms with Crippen molar-refractivity contribution in [3.8, 4) is 0 Å². The normalized spacial score (nSPS) is 26.4. The van der Waals surface area contributed by atoms with Crippen molar-refractivity contribution in [1.29, 1.82) is 0 Å². The van der Waals surface area contributed by atoms with E-state index >= 15 is 0 Å². The second-order valence-corrected chi connectivity index (χ2v) is 6.41. The Morgan fingerprint density at radius 2 is 2.18 bits per heavy atom. The number of nitrogens with one attached hydrogen (secondary N) is 1. The number of aromatic amines is 1. The second-order valence-electron chi connectivity index (χ2n) is 6.41. The summed E-state index contributed by atoms with van der Waals surface area (Å²) in [6, 6.07) is 8.72. The molecule has 3 heterocycles. The molecule has 2 aliphatic rings. The molecule has 1 aromatic carbocycles. The summed E-state index contributed by atoms with van der Waals surface area (Å²) in [7, 11) is 0. The number of hydrogen-bond acceptors (Lipinski definition) is 1. The van der Waals surface area contributed by atoms with Crippen LogP contribution in [0, 0.1) is 5.92 Å². The Kier molecular flexibility index (Phi) is 3.10. The van der Waals surface area contributed by atoms with Crippen LogP contribution >= 0.6 is 0 Å². The van der Waals surface area contributed by atoms with Gasteiger partial charge in [-0.05, 0) is 43.7 Å². The van der Waals surface area contributed by atoms with E-state index in [4.69, 9.17) is 0 Å². The van der Waals surface area contributed by atoms with Crippen molar-refractivity contribution >= 4 is 16.8 Å². The Labute approximate surface area is 131 Å². The third-order valence-corrected chi connectivity index (χ3v) is 5.42. The van der Waals surface area contributed by atoms with Gasteiger partial charge in [-0.3, -0.25) is 4.79 Å². The summed E-state index contributed by atoms with van der Waals surface area (Å²) in [6.45, 7) is 5.02. The van der Waals surface area contributed by atoms with Gasteiger partial charge in [-0.15, -0.1) is 0 Å². The predicted octanol–water partition coefficient (Wildman–Crippen LogP) is 3.97. The molecule has 1 N–H and O–H groups in total. The first-order valence-corrected chi connectivity index (χ1v) is 8.31. The molecule has 0 radical (unpaired) electrons. The fourth-order valence-corrected chi connectivity index (χ4v) is 4.29. The molecule has 3 heteroatoms. The average Bonchev–Trinajstić information content (AvgIpc) is 2.93. The van der Waals surface area contributed by atoms with Crippen LogP contribution in [0.15, 0.2) is 35.9 Å². The Hall–Kier alpha value is -2.03. The number of nitrogens with zero attached hydrogens (tertiary/aromatic N) is 1. The number of fused-ring (bicyclic) bond motifs is 5. The topological polar surface area (TPSA) is 36.1 Å². The number of aromatic nitrogens is 1. The van der Waals surface area contributed by atoms with Crippen LogP contribution in [0.3, 0.4) is 0 Å². The summed E-state index contributed by atoms with van der Waals surface area (Å²) in [5, 5.41) is 1.33. The van der Waals surface area contributed by atoms with Crippen LogP contribution in [0.25, 0.3) is 10.9 Å². The predicted molar refractivity (Wildman–Crippen MR) is 88.6 cm³/mol. The first kappa shape index (κ1) is 13.6. The van der Waals surface area contributed by atoms with E-state index in [0.29, 0.717) is 5.92 Å². The molecular weight excluding hydrogens is 272 g/mol. The summed E-state index contributed by atoms with van der Waals surface area (Å²) in [4.78, 5) is 18.5. The summed E-state index contributed by atoms with van der Waals surface area (Å²) in [6.07, 6.45) is 5.05. The molecule has 0 spiro atoms. The molecule has 1 amide bonds. The lowest BCUT2D eigenvalue weighted by Crippen LogP contribution is -2.46. The molecule has 1 saturated heterocycles. The van der Waals surface area contributed by atoms with Crippen LogP contribution in [0.1, 0.15) is 44.0 Å². The highest BCUT2D eigenvalue weighted by Gasteiger charge is 2.41. The van der Waals surface area contributed by atoms with Crippen LogP contribution in [-0.4, -0.2) is 22.3 Å². The zero-order valence-corrected chi connectivity index (χ0v) is 13.2. The Morgan fingerprint density at radius 3 is 2.95 bits per heavy atom. The fraction of sp³-hybridized carbons (Fsp3) is 0.421. The minimum absolute atomic E-state index is 0.220. The molecule has 3 nitrogen and oxygen atoms in total. The summed E-state index contributed by atoms with van der Waals surface area (Å²) >= 11 is 0. The molecule has 114 valence electrons. The molecule has 1 aromatic heterocycles. The van der Waals surface area contributed by atoms with Gasteiger partial charge in [0.05, 0.1) is 6.04 Å². The SMILES string of the molecule is C/C=C1/C(=O)N2CCc3c([nH]c4ccccc34)[C@@H]2C[C@H]1CC. The summed E-state index contributed by atoms with van der Waals surface area (Å²) in [5.74, 6) is 0.631. The number of amides is 1. The monoisotopic (exact) mass is 294 g/mol. The van der Waals surface area contributed by atoms with Crippen molar-refractivity contribution < 1.29 is 4.79 Å². The number of hydrogen-bond donors (Lipinski definition) is 1.